The van der Waals surface area contributed by atoms with Crippen molar-refractivity contribution < 1.29 is 13.6 Å². The highest BCUT2D eigenvalue weighted by atomic mass is 19.1. The van der Waals surface area contributed by atoms with E-state index in [-0.39, 0.29) is 11.7 Å². The van der Waals surface area contributed by atoms with Crippen LogP contribution in [0, 0.1) is 12.7 Å². The van der Waals surface area contributed by atoms with Crippen molar-refractivity contribution >= 4 is 5.91 Å². The fourth-order valence-corrected chi connectivity index (χ4v) is 1.73. The summed E-state index contributed by atoms with van der Waals surface area (Å²) < 4.78 is 18.1. The van der Waals surface area contributed by atoms with Gasteiger partial charge in [0.05, 0.1) is 12.5 Å². The van der Waals surface area contributed by atoms with Gasteiger partial charge in [-0.15, -0.1) is 0 Å². The van der Waals surface area contributed by atoms with E-state index in [0.29, 0.717) is 17.7 Å². The molecule has 0 aliphatic rings. The summed E-state index contributed by atoms with van der Waals surface area (Å²) in [6.45, 7) is 2.11. The summed E-state index contributed by atoms with van der Waals surface area (Å²) in [5.74, 6) is -0.441. The smallest absolute Gasteiger partial charge is 0.253 e. The summed E-state index contributed by atoms with van der Waals surface area (Å²) in [7, 11) is 1.70. The second-order valence-corrected chi connectivity index (χ2v) is 4.26. The van der Waals surface area contributed by atoms with Crippen molar-refractivity contribution in [1.29, 1.82) is 0 Å². The van der Waals surface area contributed by atoms with Gasteiger partial charge in [0.1, 0.15) is 5.82 Å². The van der Waals surface area contributed by atoms with Gasteiger partial charge in [-0.1, -0.05) is 0 Å². The van der Waals surface area contributed by atoms with Crippen LogP contribution in [0.3, 0.4) is 0 Å². The number of hydrogen-bond acceptors (Lipinski definition) is 2. The minimum absolute atomic E-state index is 0.140. The van der Waals surface area contributed by atoms with Crippen LogP contribution in [0.5, 0.6) is 0 Å². The molecule has 0 saturated heterocycles. The molecule has 0 aliphatic carbocycles. The summed E-state index contributed by atoms with van der Waals surface area (Å²) in [5, 5.41) is 0. The Hall–Kier alpha value is -2.10. The van der Waals surface area contributed by atoms with Crippen LogP contribution >= 0.6 is 0 Å². The SMILES string of the molecule is Cc1cc(C(=O)N(C)Cc2ccoc2)ccc1F. The standard InChI is InChI=1S/C14H14FNO2/c1-10-7-12(3-4-13(10)15)14(17)16(2)8-11-5-6-18-9-11/h3-7,9H,8H2,1-2H3. The first-order valence-corrected chi connectivity index (χ1v) is 5.60. The summed E-state index contributed by atoms with van der Waals surface area (Å²) in [4.78, 5) is 13.7. The molecule has 0 spiro atoms. The Labute approximate surface area is 105 Å². The van der Waals surface area contributed by atoms with E-state index in [2.05, 4.69) is 0 Å². The third-order valence-electron chi connectivity index (χ3n) is 2.75. The maximum absolute atomic E-state index is 13.1. The van der Waals surface area contributed by atoms with Crippen molar-refractivity contribution in [2.75, 3.05) is 7.05 Å². The predicted octanol–water partition coefficient (Wildman–Crippen LogP) is 3.00. The molecule has 3 nitrogen and oxygen atoms in total. The van der Waals surface area contributed by atoms with E-state index in [1.807, 2.05) is 0 Å². The zero-order valence-electron chi connectivity index (χ0n) is 10.3. The quantitative estimate of drug-likeness (QED) is 0.835. The Bertz CT molecular complexity index is 549. The van der Waals surface area contributed by atoms with Crippen LogP contribution in [0.1, 0.15) is 21.5 Å². The fourth-order valence-electron chi connectivity index (χ4n) is 1.73. The number of nitrogens with zero attached hydrogens (tertiary/aromatic N) is 1. The lowest BCUT2D eigenvalue weighted by Gasteiger charge is -2.16. The predicted molar refractivity (Wildman–Crippen MR) is 65.6 cm³/mol. The van der Waals surface area contributed by atoms with Gasteiger partial charge in [-0.25, -0.2) is 4.39 Å². The van der Waals surface area contributed by atoms with Gasteiger partial charge in [0.2, 0.25) is 0 Å². The molecule has 18 heavy (non-hydrogen) atoms. The van der Waals surface area contributed by atoms with Gasteiger partial charge in [0.25, 0.3) is 5.91 Å². The van der Waals surface area contributed by atoms with Gasteiger partial charge >= 0.3 is 0 Å². The zero-order valence-corrected chi connectivity index (χ0v) is 10.3. The molecular formula is C14H14FNO2. The first-order chi connectivity index (χ1) is 8.58. The molecule has 0 unspecified atom stereocenters. The first kappa shape index (κ1) is 12.4. The molecule has 0 radical (unpaired) electrons. The van der Waals surface area contributed by atoms with Crippen LogP contribution in [-0.2, 0) is 6.54 Å². The molecule has 0 N–H and O–H groups in total. The number of benzene rings is 1. The van der Waals surface area contributed by atoms with E-state index in [1.165, 1.54) is 12.1 Å². The molecular weight excluding hydrogens is 233 g/mol. The molecule has 1 amide bonds. The summed E-state index contributed by atoms with van der Waals surface area (Å²) in [5.41, 5.74) is 1.88. The van der Waals surface area contributed by atoms with Crippen LogP contribution in [0.4, 0.5) is 4.39 Å². The van der Waals surface area contributed by atoms with E-state index in [9.17, 15) is 9.18 Å². The Balaban J connectivity index is 2.12. The summed E-state index contributed by atoms with van der Waals surface area (Å²) in [6, 6.07) is 6.17. The highest BCUT2D eigenvalue weighted by molar-refractivity contribution is 5.94. The van der Waals surface area contributed by atoms with E-state index < -0.39 is 0 Å². The van der Waals surface area contributed by atoms with Crippen molar-refractivity contribution in [3.05, 3.63) is 59.3 Å². The van der Waals surface area contributed by atoms with E-state index in [4.69, 9.17) is 4.42 Å². The average molecular weight is 247 g/mol. The minimum Gasteiger partial charge on any atom is -0.472 e. The van der Waals surface area contributed by atoms with Gasteiger partial charge in [-0.2, -0.15) is 0 Å². The molecule has 0 aliphatic heterocycles. The summed E-state index contributed by atoms with van der Waals surface area (Å²) in [6.07, 6.45) is 3.16. The normalized spacial score (nSPS) is 10.4. The van der Waals surface area contributed by atoms with E-state index >= 15 is 0 Å². The fraction of sp³-hybridized carbons (Fsp3) is 0.214. The monoisotopic (exact) mass is 247 g/mol. The highest BCUT2D eigenvalue weighted by Gasteiger charge is 2.13. The maximum atomic E-state index is 13.1. The molecule has 1 aromatic carbocycles. The first-order valence-electron chi connectivity index (χ1n) is 5.60. The van der Waals surface area contributed by atoms with Gasteiger partial charge in [-0.05, 0) is 36.8 Å². The van der Waals surface area contributed by atoms with Crippen molar-refractivity contribution in [3.8, 4) is 0 Å². The second kappa shape index (κ2) is 5.04. The zero-order chi connectivity index (χ0) is 13.1. The Kier molecular flexibility index (Phi) is 3.46. The molecule has 0 bridgehead atoms. The van der Waals surface area contributed by atoms with Crippen molar-refractivity contribution in [3.63, 3.8) is 0 Å². The van der Waals surface area contributed by atoms with Gasteiger partial charge < -0.3 is 9.32 Å². The molecule has 94 valence electrons. The van der Waals surface area contributed by atoms with Crippen LogP contribution < -0.4 is 0 Å². The molecule has 0 fully saturated rings. The average Bonchev–Trinajstić information content (AvgIpc) is 2.84. The minimum atomic E-state index is -0.302. The van der Waals surface area contributed by atoms with E-state index in [1.54, 1.807) is 43.5 Å². The molecule has 2 rings (SSSR count). The number of carbonyl (C=O) groups is 1. The van der Waals surface area contributed by atoms with Gasteiger partial charge in [0, 0.05) is 24.7 Å². The lowest BCUT2D eigenvalue weighted by Crippen LogP contribution is -2.26. The molecule has 1 heterocycles. The molecule has 1 aromatic heterocycles. The lowest BCUT2D eigenvalue weighted by molar-refractivity contribution is 0.0785. The van der Waals surface area contributed by atoms with Crippen molar-refractivity contribution in [2.45, 2.75) is 13.5 Å². The maximum Gasteiger partial charge on any atom is 0.253 e. The number of aryl methyl sites for hydroxylation is 1. The van der Waals surface area contributed by atoms with Crippen LogP contribution in [-0.4, -0.2) is 17.9 Å². The Morgan fingerprint density at radius 3 is 2.78 bits per heavy atom. The largest absolute Gasteiger partial charge is 0.472 e. The molecule has 0 saturated carbocycles. The molecule has 0 atom stereocenters. The number of carbonyl (C=O) groups excluding carboxylic acids is 1. The topological polar surface area (TPSA) is 33.5 Å². The highest BCUT2D eigenvalue weighted by Crippen LogP contribution is 2.12. The Morgan fingerprint density at radius 1 is 1.39 bits per heavy atom. The number of rotatable bonds is 3. The van der Waals surface area contributed by atoms with Crippen molar-refractivity contribution in [2.24, 2.45) is 0 Å². The summed E-state index contributed by atoms with van der Waals surface area (Å²) >= 11 is 0. The van der Waals surface area contributed by atoms with E-state index in [0.717, 1.165) is 5.56 Å². The number of halogens is 1. The molecule has 4 heteroatoms. The number of amides is 1. The lowest BCUT2D eigenvalue weighted by atomic mass is 10.1. The molecule has 2 aromatic rings. The van der Waals surface area contributed by atoms with Gasteiger partial charge in [-0.3, -0.25) is 4.79 Å². The third kappa shape index (κ3) is 2.59. The third-order valence-corrected chi connectivity index (χ3v) is 2.75. The second-order valence-electron chi connectivity index (χ2n) is 4.26. The number of furan rings is 1. The van der Waals surface area contributed by atoms with Crippen LogP contribution in [0.25, 0.3) is 0 Å². The van der Waals surface area contributed by atoms with Crippen LogP contribution in [0.2, 0.25) is 0 Å². The van der Waals surface area contributed by atoms with Crippen LogP contribution in [0.15, 0.2) is 41.2 Å². The van der Waals surface area contributed by atoms with Gasteiger partial charge in [0.15, 0.2) is 0 Å². The van der Waals surface area contributed by atoms with Crippen molar-refractivity contribution in [1.82, 2.24) is 4.90 Å². The Morgan fingerprint density at radius 2 is 2.17 bits per heavy atom. The number of hydrogen-bond donors (Lipinski definition) is 0.